The van der Waals surface area contributed by atoms with E-state index in [1.807, 2.05) is 20.8 Å². The molecule has 0 radical (unpaired) electrons. The van der Waals surface area contributed by atoms with Gasteiger partial charge in [-0.2, -0.15) is 5.10 Å². The summed E-state index contributed by atoms with van der Waals surface area (Å²) in [6.45, 7) is 7.24. The Kier molecular flexibility index (Phi) is 5.89. The van der Waals surface area contributed by atoms with Crippen molar-refractivity contribution in [2.24, 2.45) is 7.05 Å². The van der Waals surface area contributed by atoms with Gasteiger partial charge in [-0.25, -0.2) is 9.59 Å². The highest BCUT2D eigenvalue weighted by atomic mass is 16.6. The predicted octanol–water partition coefficient (Wildman–Crippen LogP) is 1.48. The van der Waals surface area contributed by atoms with Crippen LogP contribution >= 0.6 is 0 Å². The van der Waals surface area contributed by atoms with Gasteiger partial charge in [-0.15, -0.1) is 0 Å². The van der Waals surface area contributed by atoms with Crippen LogP contribution < -0.4 is 10.6 Å². The van der Waals surface area contributed by atoms with Crippen molar-refractivity contribution in [2.75, 3.05) is 32.1 Å². The molecule has 2 N–H and O–H groups in total. The number of rotatable bonds is 4. The van der Waals surface area contributed by atoms with E-state index in [1.165, 1.54) is 0 Å². The number of carbonyl (C=O) groups excluding carboxylic acids is 2. The Balaban J connectivity index is 2.07. The van der Waals surface area contributed by atoms with Crippen LogP contribution in [0.5, 0.6) is 0 Å². The average molecular weight is 353 g/mol. The van der Waals surface area contributed by atoms with Crippen LogP contribution in [-0.2, 0) is 29.5 Å². The molecule has 0 unspecified atom stereocenters. The van der Waals surface area contributed by atoms with Gasteiger partial charge < -0.3 is 19.7 Å². The lowest BCUT2D eigenvalue weighted by atomic mass is 10.1. The fourth-order valence-corrected chi connectivity index (χ4v) is 2.56. The molecule has 0 aliphatic carbocycles. The van der Waals surface area contributed by atoms with E-state index in [1.54, 1.807) is 23.7 Å². The zero-order valence-electron chi connectivity index (χ0n) is 15.5. The minimum atomic E-state index is -0.547. The van der Waals surface area contributed by atoms with Crippen LogP contribution in [0.1, 0.15) is 32.0 Å². The van der Waals surface area contributed by atoms with E-state index in [0.717, 1.165) is 11.3 Å². The maximum absolute atomic E-state index is 12.3. The third-order valence-electron chi connectivity index (χ3n) is 3.67. The number of aryl methyl sites for hydroxylation is 1. The first-order valence-electron chi connectivity index (χ1n) is 8.27. The molecule has 2 heterocycles. The summed E-state index contributed by atoms with van der Waals surface area (Å²) in [5.74, 6) is 0.582. The van der Waals surface area contributed by atoms with Crippen LogP contribution in [-0.4, -0.2) is 59.2 Å². The van der Waals surface area contributed by atoms with E-state index in [4.69, 9.17) is 9.47 Å². The number of methoxy groups -OCH3 is 1. The first-order valence-corrected chi connectivity index (χ1v) is 8.27. The van der Waals surface area contributed by atoms with E-state index in [0.29, 0.717) is 38.5 Å². The van der Waals surface area contributed by atoms with E-state index < -0.39 is 5.60 Å². The Morgan fingerprint density at radius 2 is 2.04 bits per heavy atom. The lowest BCUT2D eigenvalue weighted by Crippen LogP contribution is -2.40. The van der Waals surface area contributed by atoms with Gasteiger partial charge in [-0.3, -0.25) is 10.00 Å². The normalized spacial score (nSPS) is 14.0. The Hall–Kier alpha value is -2.29. The van der Waals surface area contributed by atoms with Crippen molar-refractivity contribution < 1.29 is 19.1 Å². The molecule has 140 valence electrons. The minimum absolute atomic E-state index is 0.336. The number of urea groups is 1. The SMILES string of the molecule is COCCNC(=O)Nc1c2c(nn1C)CCN(C(=O)OC(C)(C)C)C2. The van der Waals surface area contributed by atoms with E-state index in [9.17, 15) is 9.59 Å². The second-order valence-electron chi connectivity index (χ2n) is 6.92. The summed E-state index contributed by atoms with van der Waals surface area (Å²) >= 11 is 0. The zero-order valence-corrected chi connectivity index (χ0v) is 15.5. The molecule has 0 saturated carbocycles. The maximum Gasteiger partial charge on any atom is 0.410 e. The Bertz CT molecular complexity index is 635. The largest absolute Gasteiger partial charge is 0.444 e. The van der Waals surface area contributed by atoms with Crippen LogP contribution in [0.25, 0.3) is 0 Å². The number of nitrogens with zero attached hydrogens (tertiary/aromatic N) is 3. The number of nitrogens with one attached hydrogen (secondary N) is 2. The van der Waals surface area contributed by atoms with Crippen LogP contribution in [0.4, 0.5) is 15.4 Å². The lowest BCUT2D eigenvalue weighted by Gasteiger charge is -2.29. The predicted molar refractivity (Wildman–Crippen MR) is 92.5 cm³/mol. The molecule has 3 amide bonds. The van der Waals surface area contributed by atoms with Crippen LogP contribution in [0.15, 0.2) is 0 Å². The molecule has 1 aliphatic heterocycles. The van der Waals surface area contributed by atoms with Crippen molar-refractivity contribution in [3.63, 3.8) is 0 Å². The van der Waals surface area contributed by atoms with Crippen LogP contribution in [0.3, 0.4) is 0 Å². The molecule has 1 aliphatic rings. The number of hydrogen-bond acceptors (Lipinski definition) is 5. The number of aromatic nitrogens is 2. The summed E-state index contributed by atoms with van der Waals surface area (Å²) in [5, 5.41) is 9.94. The van der Waals surface area contributed by atoms with Gasteiger partial charge in [0.1, 0.15) is 11.4 Å². The standard InChI is InChI=1S/C16H27N5O4/c1-16(2,3)25-15(23)21-8-6-12-11(10-21)13(20(4)19-12)18-14(22)17-7-9-24-5/h6-10H2,1-5H3,(H2,17,18,22). The van der Waals surface area contributed by atoms with Gasteiger partial charge in [0.05, 0.1) is 18.8 Å². The van der Waals surface area contributed by atoms with Crippen molar-refractivity contribution in [2.45, 2.75) is 39.3 Å². The highest BCUT2D eigenvalue weighted by molar-refractivity contribution is 5.89. The third kappa shape index (κ3) is 5.09. The fourth-order valence-electron chi connectivity index (χ4n) is 2.56. The minimum Gasteiger partial charge on any atom is -0.444 e. The number of ether oxygens (including phenoxy) is 2. The number of carbonyl (C=O) groups is 2. The van der Waals surface area contributed by atoms with E-state index in [2.05, 4.69) is 15.7 Å². The summed E-state index contributed by atoms with van der Waals surface area (Å²) in [4.78, 5) is 25.9. The number of hydrogen-bond donors (Lipinski definition) is 2. The Labute approximate surface area is 147 Å². The highest BCUT2D eigenvalue weighted by Gasteiger charge is 2.30. The molecule has 0 atom stereocenters. The van der Waals surface area contributed by atoms with Crippen molar-refractivity contribution in [1.82, 2.24) is 20.0 Å². The van der Waals surface area contributed by atoms with Gasteiger partial charge in [0, 0.05) is 39.2 Å². The molecule has 9 nitrogen and oxygen atoms in total. The molecule has 0 bridgehead atoms. The second-order valence-corrected chi connectivity index (χ2v) is 6.92. The van der Waals surface area contributed by atoms with Crippen molar-refractivity contribution in [1.29, 1.82) is 0 Å². The molecule has 1 aromatic rings. The summed E-state index contributed by atoms with van der Waals surface area (Å²) in [6.07, 6.45) is 0.257. The van der Waals surface area contributed by atoms with Crippen molar-refractivity contribution in [3.8, 4) is 0 Å². The Morgan fingerprint density at radius 3 is 2.68 bits per heavy atom. The number of fused-ring (bicyclic) bond motifs is 1. The first kappa shape index (κ1) is 19.0. The van der Waals surface area contributed by atoms with E-state index in [-0.39, 0.29) is 12.1 Å². The third-order valence-corrected chi connectivity index (χ3v) is 3.67. The van der Waals surface area contributed by atoms with Crippen LogP contribution in [0.2, 0.25) is 0 Å². The van der Waals surface area contributed by atoms with Gasteiger partial charge in [0.15, 0.2) is 0 Å². The molecular formula is C16H27N5O4. The molecule has 0 saturated heterocycles. The number of anilines is 1. The van der Waals surface area contributed by atoms with Gasteiger partial charge in [0.25, 0.3) is 0 Å². The lowest BCUT2D eigenvalue weighted by molar-refractivity contribution is 0.0224. The Morgan fingerprint density at radius 1 is 1.32 bits per heavy atom. The molecule has 0 aromatic carbocycles. The van der Waals surface area contributed by atoms with Gasteiger partial charge in [-0.1, -0.05) is 0 Å². The average Bonchev–Trinajstić information content (AvgIpc) is 2.81. The topological polar surface area (TPSA) is 97.7 Å². The molecule has 0 spiro atoms. The molecule has 9 heteroatoms. The quantitative estimate of drug-likeness (QED) is 0.799. The van der Waals surface area contributed by atoms with Gasteiger partial charge >= 0.3 is 12.1 Å². The first-order chi connectivity index (χ1) is 11.7. The second kappa shape index (κ2) is 7.73. The van der Waals surface area contributed by atoms with Crippen LogP contribution in [0, 0.1) is 0 Å². The summed E-state index contributed by atoms with van der Waals surface area (Å²) in [5.41, 5.74) is 1.17. The highest BCUT2D eigenvalue weighted by Crippen LogP contribution is 2.26. The maximum atomic E-state index is 12.3. The van der Waals surface area contributed by atoms with Gasteiger partial charge in [-0.05, 0) is 20.8 Å². The van der Waals surface area contributed by atoms with Gasteiger partial charge in [0.2, 0.25) is 0 Å². The fraction of sp³-hybridized carbons (Fsp3) is 0.688. The summed E-state index contributed by atoms with van der Waals surface area (Å²) in [6, 6.07) is -0.336. The molecule has 0 fully saturated rings. The molecular weight excluding hydrogens is 326 g/mol. The van der Waals surface area contributed by atoms with Crippen molar-refractivity contribution >= 4 is 17.9 Å². The molecule has 25 heavy (non-hydrogen) atoms. The monoisotopic (exact) mass is 353 g/mol. The van der Waals surface area contributed by atoms with Crippen molar-refractivity contribution in [3.05, 3.63) is 11.3 Å². The molecule has 1 aromatic heterocycles. The smallest absolute Gasteiger partial charge is 0.410 e. The summed E-state index contributed by atoms with van der Waals surface area (Å²) < 4.78 is 12.0. The molecule has 2 rings (SSSR count). The summed E-state index contributed by atoms with van der Waals surface area (Å²) in [7, 11) is 3.34. The number of amides is 3. The van der Waals surface area contributed by atoms with E-state index >= 15 is 0 Å². The zero-order chi connectivity index (χ0) is 18.6.